The molecule has 3 fully saturated rings. The molecular weight excluding hydrogens is 439 g/mol. The van der Waals surface area contributed by atoms with Crippen molar-refractivity contribution in [3.63, 3.8) is 0 Å². The Hall–Kier alpha value is -1.95. The molecule has 1 N–H and O–H groups in total. The number of aryl methyl sites for hydroxylation is 1. The van der Waals surface area contributed by atoms with Crippen LogP contribution in [0.2, 0.25) is 0 Å². The fourth-order valence-electron chi connectivity index (χ4n) is 6.86. The Balaban J connectivity index is 1.46. The summed E-state index contributed by atoms with van der Waals surface area (Å²) in [6, 6.07) is 13.5. The van der Waals surface area contributed by atoms with Gasteiger partial charge in [0.05, 0.1) is 12.7 Å². The molecule has 3 aliphatic rings. The topological polar surface area (TPSA) is 35.9 Å². The minimum absolute atomic E-state index is 0.0916. The normalized spacial score (nSPS) is 30.0. The molecule has 1 saturated carbocycles. The first kappa shape index (κ1) is 24.7. The van der Waals surface area contributed by atoms with Crippen LogP contribution in [0.4, 0.5) is 4.39 Å². The number of piperidine rings is 1. The number of rotatable bonds is 7. The summed E-state index contributed by atoms with van der Waals surface area (Å²) in [5.41, 5.74) is 2.09. The van der Waals surface area contributed by atoms with Crippen molar-refractivity contribution in [3.05, 3.63) is 65.0 Å². The van der Waals surface area contributed by atoms with Gasteiger partial charge in [-0.05, 0) is 106 Å². The van der Waals surface area contributed by atoms with Crippen LogP contribution in [-0.4, -0.2) is 66.4 Å². The molecule has 1 aliphatic carbocycles. The standard InChI is InChI=1S/C30H41FN2O2/c1-22-8-11-26(35-3)20-27(22)29-13-17-32(16-12-25-6-4-5-7-28(25)31)18-15-30(29,34)23(2)33(19-14-29)21-24-9-10-24/h4-8,11,20,23-24,34H,9-10,12-19,21H2,1-3H3. The van der Waals surface area contributed by atoms with Crippen LogP contribution in [0.25, 0.3) is 0 Å². The number of aliphatic hydroxyl groups is 1. The summed E-state index contributed by atoms with van der Waals surface area (Å²) in [4.78, 5) is 5.00. The SMILES string of the molecule is COc1ccc(C)c(C23CCN(CCc4ccccc4F)CCC2(O)C(C)N(CC2CC2)CC3)c1. The third kappa shape index (κ3) is 4.63. The lowest BCUT2D eigenvalue weighted by atomic mass is 9.57. The molecule has 190 valence electrons. The summed E-state index contributed by atoms with van der Waals surface area (Å²) < 4.78 is 19.9. The fraction of sp³-hybridized carbons (Fsp3) is 0.600. The van der Waals surface area contributed by atoms with Crippen LogP contribution in [0.3, 0.4) is 0 Å². The molecule has 0 aromatic heterocycles. The van der Waals surface area contributed by atoms with Crippen molar-refractivity contribution in [3.8, 4) is 5.75 Å². The summed E-state index contributed by atoms with van der Waals surface area (Å²) in [5, 5.41) is 12.7. The smallest absolute Gasteiger partial charge is 0.126 e. The Bertz CT molecular complexity index is 1040. The van der Waals surface area contributed by atoms with Crippen LogP contribution in [0.5, 0.6) is 5.75 Å². The second-order valence-electron chi connectivity index (χ2n) is 11.2. The van der Waals surface area contributed by atoms with Gasteiger partial charge in [-0.3, -0.25) is 4.90 Å². The predicted octanol–water partition coefficient (Wildman–Crippen LogP) is 4.95. The van der Waals surface area contributed by atoms with E-state index in [0.29, 0.717) is 6.42 Å². The molecule has 35 heavy (non-hydrogen) atoms. The van der Waals surface area contributed by atoms with E-state index in [1.54, 1.807) is 19.2 Å². The molecule has 2 heterocycles. The van der Waals surface area contributed by atoms with Crippen LogP contribution in [-0.2, 0) is 11.8 Å². The number of hydrogen-bond donors (Lipinski definition) is 1. The summed E-state index contributed by atoms with van der Waals surface area (Å²) in [5.74, 6) is 1.54. The molecule has 0 amide bonds. The number of likely N-dealkylation sites (tertiary alicyclic amines) is 2. The monoisotopic (exact) mass is 480 g/mol. The first-order chi connectivity index (χ1) is 16.9. The number of methoxy groups -OCH3 is 1. The van der Waals surface area contributed by atoms with Crippen LogP contribution < -0.4 is 4.74 Å². The zero-order valence-corrected chi connectivity index (χ0v) is 21.6. The molecule has 5 heteroatoms. The van der Waals surface area contributed by atoms with Crippen LogP contribution in [0.15, 0.2) is 42.5 Å². The largest absolute Gasteiger partial charge is 0.497 e. The van der Waals surface area contributed by atoms with Gasteiger partial charge >= 0.3 is 0 Å². The zero-order chi connectivity index (χ0) is 24.6. The van der Waals surface area contributed by atoms with Crippen molar-refractivity contribution < 1.29 is 14.2 Å². The second kappa shape index (κ2) is 9.84. The van der Waals surface area contributed by atoms with E-state index in [1.807, 2.05) is 18.2 Å². The number of nitrogens with zero attached hydrogens (tertiary/aromatic N) is 2. The number of benzene rings is 2. The number of fused-ring (bicyclic) bond motifs is 1. The minimum Gasteiger partial charge on any atom is -0.497 e. The fourth-order valence-corrected chi connectivity index (χ4v) is 6.86. The van der Waals surface area contributed by atoms with Gasteiger partial charge in [-0.25, -0.2) is 4.39 Å². The molecule has 3 atom stereocenters. The lowest BCUT2D eigenvalue weighted by molar-refractivity contribution is -0.136. The Kier molecular flexibility index (Phi) is 6.95. The molecule has 0 bridgehead atoms. The highest BCUT2D eigenvalue weighted by molar-refractivity contribution is 5.44. The van der Waals surface area contributed by atoms with E-state index in [1.165, 1.54) is 24.0 Å². The third-order valence-electron chi connectivity index (χ3n) is 9.36. The average molecular weight is 481 g/mol. The highest BCUT2D eigenvalue weighted by Gasteiger charge is 2.59. The molecule has 0 spiro atoms. The average Bonchev–Trinajstić information content (AvgIpc) is 3.69. The van der Waals surface area contributed by atoms with Crippen molar-refractivity contribution >= 4 is 0 Å². The molecule has 2 aromatic carbocycles. The van der Waals surface area contributed by atoms with E-state index >= 15 is 0 Å². The Morgan fingerprint density at radius 3 is 2.54 bits per heavy atom. The van der Waals surface area contributed by atoms with Gasteiger partial charge in [0.1, 0.15) is 11.6 Å². The van der Waals surface area contributed by atoms with Gasteiger partial charge < -0.3 is 14.7 Å². The zero-order valence-electron chi connectivity index (χ0n) is 21.6. The highest BCUT2D eigenvalue weighted by atomic mass is 19.1. The number of hydrogen-bond acceptors (Lipinski definition) is 4. The molecule has 0 radical (unpaired) electrons. The maximum Gasteiger partial charge on any atom is 0.126 e. The molecule has 3 unspecified atom stereocenters. The van der Waals surface area contributed by atoms with Crippen LogP contribution >= 0.6 is 0 Å². The summed E-state index contributed by atoms with van der Waals surface area (Å²) in [6.07, 6.45) is 5.92. The van der Waals surface area contributed by atoms with Crippen LogP contribution in [0, 0.1) is 18.7 Å². The minimum atomic E-state index is -0.829. The first-order valence-electron chi connectivity index (χ1n) is 13.4. The van der Waals surface area contributed by atoms with Crippen molar-refractivity contribution in [2.45, 2.75) is 69.4 Å². The van der Waals surface area contributed by atoms with Crippen LogP contribution in [0.1, 0.15) is 55.7 Å². The second-order valence-corrected chi connectivity index (χ2v) is 11.2. The first-order valence-corrected chi connectivity index (χ1v) is 13.4. The quantitative estimate of drug-likeness (QED) is 0.608. The Labute approximate surface area is 210 Å². The van der Waals surface area contributed by atoms with Crippen molar-refractivity contribution in [1.29, 1.82) is 0 Å². The van der Waals surface area contributed by atoms with E-state index in [0.717, 1.165) is 69.2 Å². The Morgan fingerprint density at radius 2 is 1.80 bits per heavy atom. The van der Waals surface area contributed by atoms with E-state index < -0.39 is 5.60 Å². The van der Waals surface area contributed by atoms with E-state index in [4.69, 9.17) is 4.74 Å². The third-order valence-corrected chi connectivity index (χ3v) is 9.36. The van der Waals surface area contributed by atoms with Gasteiger partial charge in [0, 0.05) is 31.1 Å². The molecule has 2 aromatic rings. The number of ether oxygens (including phenoxy) is 1. The van der Waals surface area contributed by atoms with E-state index in [2.05, 4.69) is 35.8 Å². The van der Waals surface area contributed by atoms with Gasteiger partial charge in [-0.2, -0.15) is 0 Å². The molecule has 2 saturated heterocycles. The number of halogens is 1. The molecular formula is C30H41FN2O2. The maximum absolute atomic E-state index is 14.3. The lowest BCUT2D eigenvalue weighted by Gasteiger charge is -2.58. The summed E-state index contributed by atoms with van der Waals surface area (Å²) >= 11 is 0. The van der Waals surface area contributed by atoms with Gasteiger partial charge in [-0.15, -0.1) is 0 Å². The highest BCUT2D eigenvalue weighted by Crippen LogP contribution is 2.53. The van der Waals surface area contributed by atoms with Gasteiger partial charge in [0.2, 0.25) is 0 Å². The van der Waals surface area contributed by atoms with Crippen molar-refractivity contribution in [1.82, 2.24) is 9.80 Å². The summed E-state index contributed by atoms with van der Waals surface area (Å²) in [7, 11) is 1.72. The summed E-state index contributed by atoms with van der Waals surface area (Å²) in [6.45, 7) is 9.09. The van der Waals surface area contributed by atoms with Gasteiger partial charge in [0.15, 0.2) is 0 Å². The molecule has 4 nitrogen and oxygen atoms in total. The molecule has 5 rings (SSSR count). The van der Waals surface area contributed by atoms with Crippen molar-refractivity contribution in [2.24, 2.45) is 5.92 Å². The predicted molar refractivity (Wildman–Crippen MR) is 139 cm³/mol. The van der Waals surface area contributed by atoms with Gasteiger partial charge in [-0.1, -0.05) is 24.3 Å². The van der Waals surface area contributed by atoms with Gasteiger partial charge in [0.25, 0.3) is 0 Å². The Morgan fingerprint density at radius 1 is 1.06 bits per heavy atom. The maximum atomic E-state index is 14.3. The van der Waals surface area contributed by atoms with Crippen molar-refractivity contribution in [2.75, 3.05) is 39.8 Å². The van der Waals surface area contributed by atoms with E-state index in [9.17, 15) is 9.50 Å². The lowest BCUT2D eigenvalue weighted by Crippen LogP contribution is -2.68. The van der Waals surface area contributed by atoms with E-state index in [-0.39, 0.29) is 17.3 Å². The molecule has 2 aliphatic heterocycles.